The van der Waals surface area contributed by atoms with E-state index in [0.717, 1.165) is 17.4 Å². The molecule has 0 aliphatic heterocycles. The highest BCUT2D eigenvalue weighted by Gasteiger charge is 2.22. The van der Waals surface area contributed by atoms with Gasteiger partial charge in [0.25, 0.3) is 0 Å². The van der Waals surface area contributed by atoms with Gasteiger partial charge >= 0.3 is 5.97 Å². The van der Waals surface area contributed by atoms with E-state index in [1.54, 1.807) is 6.20 Å². The van der Waals surface area contributed by atoms with Gasteiger partial charge in [0, 0.05) is 12.7 Å². The van der Waals surface area contributed by atoms with Gasteiger partial charge in [-0.25, -0.2) is 9.78 Å². The number of anilines is 1. The molecule has 0 atom stereocenters. The predicted octanol–water partition coefficient (Wildman–Crippen LogP) is 3.39. The monoisotopic (exact) mass is 305 g/mol. The van der Waals surface area contributed by atoms with Crippen LogP contribution < -0.4 is 4.90 Å². The summed E-state index contributed by atoms with van der Waals surface area (Å²) in [7, 11) is 0. The van der Waals surface area contributed by atoms with E-state index in [0.29, 0.717) is 17.1 Å². The third kappa shape index (κ3) is 3.58. The standard InChI is InChI=1S/C15H19N3O2S/c1-4-18(9-11-7-5-6-8-16-11)15-17-12(10(2)3)13(21-15)14(19)20/h5-8,10H,4,9H2,1-3H3,(H,19,20). The third-order valence-corrected chi connectivity index (χ3v) is 4.23. The van der Waals surface area contributed by atoms with Gasteiger partial charge in [-0.2, -0.15) is 0 Å². The minimum absolute atomic E-state index is 0.0923. The predicted molar refractivity (Wildman–Crippen MR) is 84.1 cm³/mol. The second-order valence-electron chi connectivity index (χ2n) is 5.01. The molecule has 0 bridgehead atoms. The van der Waals surface area contributed by atoms with E-state index >= 15 is 0 Å². The summed E-state index contributed by atoms with van der Waals surface area (Å²) >= 11 is 1.24. The summed E-state index contributed by atoms with van der Waals surface area (Å²) in [6, 6.07) is 5.78. The van der Waals surface area contributed by atoms with Gasteiger partial charge < -0.3 is 10.0 Å². The minimum atomic E-state index is -0.906. The van der Waals surface area contributed by atoms with Gasteiger partial charge in [-0.1, -0.05) is 31.3 Å². The van der Waals surface area contributed by atoms with Gasteiger partial charge in [0.2, 0.25) is 0 Å². The summed E-state index contributed by atoms with van der Waals surface area (Å²) in [5, 5.41) is 10.1. The largest absolute Gasteiger partial charge is 0.477 e. The van der Waals surface area contributed by atoms with Crippen molar-refractivity contribution >= 4 is 22.4 Å². The molecule has 2 heterocycles. The van der Waals surface area contributed by atoms with Crippen LogP contribution in [0.15, 0.2) is 24.4 Å². The van der Waals surface area contributed by atoms with Gasteiger partial charge in [-0.15, -0.1) is 0 Å². The van der Waals surface area contributed by atoms with Crippen LogP contribution in [0.5, 0.6) is 0 Å². The SMILES string of the molecule is CCN(Cc1ccccn1)c1nc(C(C)C)c(C(=O)O)s1. The molecule has 0 amide bonds. The van der Waals surface area contributed by atoms with Gasteiger partial charge in [-0.3, -0.25) is 4.98 Å². The molecule has 0 saturated carbocycles. The van der Waals surface area contributed by atoms with Crippen molar-refractivity contribution in [2.24, 2.45) is 0 Å². The lowest BCUT2D eigenvalue weighted by molar-refractivity contribution is 0.0700. The molecular formula is C15H19N3O2S. The molecule has 0 radical (unpaired) electrons. The summed E-state index contributed by atoms with van der Waals surface area (Å²) in [6.45, 7) is 7.32. The Labute approximate surface area is 128 Å². The van der Waals surface area contributed by atoms with E-state index in [1.165, 1.54) is 11.3 Å². The van der Waals surface area contributed by atoms with Crippen LogP contribution in [0.3, 0.4) is 0 Å². The highest BCUT2D eigenvalue weighted by molar-refractivity contribution is 7.17. The lowest BCUT2D eigenvalue weighted by atomic mass is 10.1. The Bertz CT molecular complexity index is 611. The van der Waals surface area contributed by atoms with Crippen molar-refractivity contribution in [1.29, 1.82) is 0 Å². The number of aromatic carboxylic acids is 1. The average molecular weight is 305 g/mol. The van der Waals surface area contributed by atoms with E-state index in [9.17, 15) is 9.90 Å². The van der Waals surface area contributed by atoms with Crippen molar-refractivity contribution in [3.05, 3.63) is 40.7 Å². The molecule has 21 heavy (non-hydrogen) atoms. The molecule has 0 fully saturated rings. The summed E-state index contributed by atoms with van der Waals surface area (Å²) in [5.41, 5.74) is 1.60. The number of aromatic nitrogens is 2. The normalized spacial score (nSPS) is 10.9. The van der Waals surface area contributed by atoms with Crippen molar-refractivity contribution in [2.75, 3.05) is 11.4 Å². The Morgan fingerprint density at radius 1 is 1.43 bits per heavy atom. The van der Waals surface area contributed by atoms with Crippen molar-refractivity contribution < 1.29 is 9.90 Å². The first-order valence-electron chi connectivity index (χ1n) is 6.91. The number of nitrogens with zero attached hydrogens (tertiary/aromatic N) is 3. The minimum Gasteiger partial charge on any atom is -0.477 e. The molecular weight excluding hydrogens is 286 g/mol. The van der Waals surface area contributed by atoms with Crippen LogP contribution >= 0.6 is 11.3 Å². The zero-order chi connectivity index (χ0) is 15.4. The van der Waals surface area contributed by atoms with Gasteiger partial charge in [0.1, 0.15) is 4.88 Å². The van der Waals surface area contributed by atoms with E-state index in [2.05, 4.69) is 9.97 Å². The number of carbonyl (C=O) groups is 1. The van der Waals surface area contributed by atoms with Crippen molar-refractivity contribution in [2.45, 2.75) is 33.2 Å². The van der Waals surface area contributed by atoms with E-state index in [-0.39, 0.29) is 5.92 Å². The number of rotatable bonds is 6. The summed E-state index contributed by atoms with van der Waals surface area (Å²) in [6.07, 6.45) is 1.76. The van der Waals surface area contributed by atoms with E-state index in [1.807, 2.05) is 43.9 Å². The van der Waals surface area contributed by atoms with Gasteiger partial charge in [-0.05, 0) is 25.0 Å². The van der Waals surface area contributed by atoms with E-state index < -0.39 is 5.97 Å². The lowest BCUT2D eigenvalue weighted by Gasteiger charge is -2.19. The molecule has 0 aliphatic rings. The maximum absolute atomic E-state index is 11.3. The Morgan fingerprint density at radius 3 is 2.67 bits per heavy atom. The molecule has 5 nitrogen and oxygen atoms in total. The van der Waals surface area contributed by atoms with Crippen molar-refractivity contribution in [3.63, 3.8) is 0 Å². The molecule has 112 valence electrons. The fourth-order valence-corrected chi connectivity index (χ4v) is 3.12. The molecule has 0 aliphatic carbocycles. The number of pyridine rings is 1. The number of hydrogen-bond donors (Lipinski definition) is 1. The summed E-state index contributed by atoms with van der Waals surface area (Å²) < 4.78 is 0. The first kappa shape index (κ1) is 15.4. The Morgan fingerprint density at radius 2 is 2.19 bits per heavy atom. The maximum Gasteiger partial charge on any atom is 0.347 e. The van der Waals surface area contributed by atoms with Crippen LogP contribution in [0, 0.1) is 0 Å². The number of thiazole rings is 1. The average Bonchev–Trinajstić information content (AvgIpc) is 2.91. The molecule has 0 aromatic carbocycles. The Balaban J connectivity index is 2.30. The van der Waals surface area contributed by atoms with Crippen LogP contribution in [0.1, 0.15) is 47.7 Å². The summed E-state index contributed by atoms with van der Waals surface area (Å²) in [5.74, 6) is -0.814. The Kier molecular flexibility index (Phi) is 4.90. The molecule has 1 N–H and O–H groups in total. The second kappa shape index (κ2) is 6.67. The third-order valence-electron chi connectivity index (χ3n) is 3.11. The highest BCUT2D eigenvalue weighted by atomic mass is 32.1. The van der Waals surface area contributed by atoms with Crippen molar-refractivity contribution in [1.82, 2.24) is 9.97 Å². The van der Waals surface area contributed by atoms with Crippen LogP contribution in [0.25, 0.3) is 0 Å². The number of carboxylic acids is 1. The quantitative estimate of drug-likeness (QED) is 0.886. The topological polar surface area (TPSA) is 66.3 Å². The molecule has 0 spiro atoms. The zero-order valence-electron chi connectivity index (χ0n) is 12.4. The van der Waals surface area contributed by atoms with Crippen LogP contribution in [0.2, 0.25) is 0 Å². The molecule has 2 rings (SSSR count). The Hall–Kier alpha value is -1.95. The number of carboxylic acid groups (broad SMARTS) is 1. The smallest absolute Gasteiger partial charge is 0.347 e. The second-order valence-corrected chi connectivity index (χ2v) is 5.98. The first-order valence-corrected chi connectivity index (χ1v) is 7.73. The molecule has 2 aromatic rings. The van der Waals surface area contributed by atoms with Gasteiger partial charge in [0.15, 0.2) is 5.13 Å². The maximum atomic E-state index is 11.3. The fraction of sp³-hybridized carbons (Fsp3) is 0.400. The lowest BCUT2D eigenvalue weighted by Crippen LogP contribution is -2.22. The molecule has 0 saturated heterocycles. The first-order chi connectivity index (χ1) is 10.0. The fourth-order valence-electron chi connectivity index (χ4n) is 2.00. The van der Waals surface area contributed by atoms with Gasteiger partial charge in [0.05, 0.1) is 17.9 Å². The van der Waals surface area contributed by atoms with Crippen molar-refractivity contribution in [3.8, 4) is 0 Å². The zero-order valence-corrected chi connectivity index (χ0v) is 13.2. The highest BCUT2D eigenvalue weighted by Crippen LogP contribution is 2.31. The molecule has 0 unspecified atom stereocenters. The van der Waals surface area contributed by atoms with Crippen LogP contribution in [-0.2, 0) is 6.54 Å². The molecule has 2 aromatic heterocycles. The van der Waals surface area contributed by atoms with E-state index in [4.69, 9.17) is 0 Å². The van der Waals surface area contributed by atoms with Crippen LogP contribution in [0.4, 0.5) is 5.13 Å². The van der Waals surface area contributed by atoms with Crippen LogP contribution in [-0.4, -0.2) is 27.6 Å². The summed E-state index contributed by atoms with van der Waals surface area (Å²) in [4.78, 5) is 22.6. The molecule has 6 heteroatoms. The number of hydrogen-bond acceptors (Lipinski definition) is 5.